The first-order valence-electron chi connectivity index (χ1n) is 10.9. The van der Waals surface area contributed by atoms with Gasteiger partial charge < -0.3 is 20.1 Å². The van der Waals surface area contributed by atoms with Gasteiger partial charge in [-0.2, -0.15) is 0 Å². The van der Waals surface area contributed by atoms with Crippen molar-refractivity contribution in [3.8, 4) is 17.0 Å². The van der Waals surface area contributed by atoms with Crippen molar-refractivity contribution in [3.05, 3.63) is 75.2 Å². The standard InChI is InChI=1S/C25H24Cl2N4O4/c1-13-4-7-17(35-3)9-18(13)14(2)29-23(33)21(12-32)31-11-16-6-5-15(8-19(16)24(31)34)22-20(26)10-28-25(27)30-22/h4-10,14,21,32H,11-12H2,1-3H3,(H,29,33). The first-order chi connectivity index (χ1) is 16.7. The van der Waals surface area contributed by atoms with Crippen molar-refractivity contribution >= 4 is 35.0 Å². The summed E-state index contributed by atoms with van der Waals surface area (Å²) in [5.41, 5.74) is 4.02. The summed E-state index contributed by atoms with van der Waals surface area (Å²) in [5.74, 6) is -0.136. The minimum Gasteiger partial charge on any atom is -0.497 e. The van der Waals surface area contributed by atoms with Crippen LogP contribution in [-0.2, 0) is 11.3 Å². The Morgan fingerprint density at radius 1 is 1.26 bits per heavy atom. The number of aliphatic hydroxyl groups is 1. The zero-order valence-corrected chi connectivity index (χ0v) is 20.9. The van der Waals surface area contributed by atoms with Crippen molar-refractivity contribution in [2.45, 2.75) is 32.5 Å². The molecule has 0 radical (unpaired) electrons. The zero-order valence-electron chi connectivity index (χ0n) is 19.4. The molecule has 3 aromatic rings. The predicted molar refractivity (Wildman–Crippen MR) is 133 cm³/mol. The van der Waals surface area contributed by atoms with Crippen LogP contribution in [0.5, 0.6) is 5.75 Å². The number of nitrogens with zero attached hydrogens (tertiary/aromatic N) is 3. The highest BCUT2D eigenvalue weighted by Gasteiger charge is 2.37. The number of fused-ring (bicyclic) bond motifs is 1. The maximum Gasteiger partial charge on any atom is 0.255 e. The van der Waals surface area contributed by atoms with E-state index in [1.807, 2.05) is 32.0 Å². The molecule has 2 heterocycles. The van der Waals surface area contributed by atoms with Crippen molar-refractivity contribution in [1.29, 1.82) is 0 Å². The first kappa shape index (κ1) is 24.9. The van der Waals surface area contributed by atoms with E-state index in [1.54, 1.807) is 25.3 Å². The third-order valence-electron chi connectivity index (χ3n) is 6.09. The molecule has 0 aliphatic carbocycles. The molecule has 2 N–H and O–H groups in total. The number of aryl methyl sites for hydroxylation is 1. The number of benzene rings is 2. The van der Waals surface area contributed by atoms with Crippen molar-refractivity contribution in [2.75, 3.05) is 13.7 Å². The average Bonchev–Trinajstić information content (AvgIpc) is 3.16. The predicted octanol–water partition coefficient (Wildman–Crippen LogP) is 3.96. The van der Waals surface area contributed by atoms with Crippen LogP contribution in [0.3, 0.4) is 0 Å². The van der Waals surface area contributed by atoms with Crippen LogP contribution in [0.2, 0.25) is 10.3 Å². The van der Waals surface area contributed by atoms with E-state index in [0.717, 1.165) is 16.7 Å². The number of ether oxygens (including phenoxy) is 1. The molecule has 1 aromatic heterocycles. The lowest BCUT2D eigenvalue weighted by Crippen LogP contribution is -2.49. The van der Waals surface area contributed by atoms with Gasteiger partial charge in [-0.15, -0.1) is 0 Å². The van der Waals surface area contributed by atoms with Crippen molar-refractivity contribution in [1.82, 2.24) is 20.2 Å². The molecule has 0 fully saturated rings. The molecule has 2 unspecified atom stereocenters. The van der Waals surface area contributed by atoms with Crippen LogP contribution < -0.4 is 10.1 Å². The number of aliphatic hydroxyl groups excluding tert-OH is 1. The molecule has 2 aromatic carbocycles. The van der Waals surface area contributed by atoms with Gasteiger partial charge in [0.1, 0.15) is 11.8 Å². The molecule has 0 spiro atoms. The maximum atomic E-state index is 13.3. The quantitative estimate of drug-likeness (QED) is 0.462. The summed E-state index contributed by atoms with van der Waals surface area (Å²) in [6, 6.07) is 9.43. The summed E-state index contributed by atoms with van der Waals surface area (Å²) in [6.07, 6.45) is 1.39. The molecule has 182 valence electrons. The number of rotatable bonds is 7. The van der Waals surface area contributed by atoms with Crippen LogP contribution in [0.4, 0.5) is 0 Å². The van der Waals surface area contributed by atoms with E-state index in [4.69, 9.17) is 27.9 Å². The second-order valence-electron chi connectivity index (χ2n) is 8.29. The van der Waals surface area contributed by atoms with E-state index in [1.165, 1.54) is 11.1 Å². The van der Waals surface area contributed by atoms with Gasteiger partial charge >= 0.3 is 0 Å². The lowest BCUT2D eigenvalue weighted by molar-refractivity contribution is -0.127. The maximum absolute atomic E-state index is 13.3. The topological polar surface area (TPSA) is 105 Å². The number of carbonyl (C=O) groups is 2. The third kappa shape index (κ3) is 4.96. The average molecular weight is 515 g/mol. The van der Waals surface area contributed by atoms with Crippen LogP contribution in [0.15, 0.2) is 42.6 Å². The second kappa shape index (κ2) is 10.2. The molecular weight excluding hydrogens is 491 g/mol. The highest BCUT2D eigenvalue weighted by atomic mass is 35.5. The Bertz CT molecular complexity index is 1300. The molecule has 4 rings (SSSR count). The number of halogens is 2. The van der Waals surface area contributed by atoms with Crippen LogP contribution in [-0.4, -0.2) is 51.5 Å². The van der Waals surface area contributed by atoms with Gasteiger partial charge in [0.2, 0.25) is 11.2 Å². The lowest BCUT2D eigenvalue weighted by atomic mass is 10.0. The molecule has 0 bridgehead atoms. The summed E-state index contributed by atoms with van der Waals surface area (Å²) < 4.78 is 5.29. The molecule has 8 nitrogen and oxygen atoms in total. The second-order valence-corrected chi connectivity index (χ2v) is 9.04. The molecule has 0 saturated heterocycles. The van der Waals surface area contributed by atoms with E-state index < -0.39 is 18.6 Å². The number of methoxy groups -OCH3 is 1. The number of aromatic nitrogens is 2. The fourth-order valence-electron chi connectivity index (χ4n) is 4.19. The van der Waals surface area contributed by atoms with E-state index in [-0.39, 0.29) is 23.8 Å². The summed E-state index contributed by atoms with van der Waals surface area (Å²) in [5, 5.41) is 13.3. The molecule has 2 atom stereocenters. The number of hydrogen-bond donors (Lipinski definition) is 2. The number of nitrogens with one attached hydrogen (secondary N) is 1. The third-order valence-corrected chi connectivity index (χ3v) is 6.55. The number of carbonyl (C=O) groups excluding carboxylic acids is 2. The van der Waals surface area contributed by atoms with Crippen LogP contribution in [0.1, 0.15) is 40.0 Å². The molecular formula is C25H24Cl2N4O4. The van der Waals surface area contributed by atoms with Crippen LogP contribution in [0.25, 0.3) is 11.3 Å². The monoisotopic (exact) mass is 514 g/mol. The summed E-state index contributed by atoms with van der Waals surface area (Å²) in [4.78, 5) is 35.8. The summed E-state index contributed by atoms with van der Waals surface area (Å²) in [7, 11) is 1.58. The Morgan fingerprint density at radius 2 is 2.03 bits per heavy atom. The minimum absolute atomic E-state index is 0.0373. The summed E-state index contributed by atoms with van der Waals surface area (Å²) in [6.45, 7) is 3.46. The SMILES string of the molecule is COc1ccc(C)c(C(C)NC(=O)C(CO)N2Cc3ccc(-c4nc(Cl)ncc4Cl)cc3C2=O)c1. The van der Waals surface area contributed by atoms with E-state index in [0.29, 0.717) is 27.6 Å². The molecule has 1 aliphatic heterocycles. The Balaban J connectivity index is 1.55. The van der Waals surface area contributed by atoms with Gasteiger partial charge in [0.05, 0.1) is 36.7 Å². The van der Waals surface area contributed by atoms with Gasteiger partial charge in [-0.05, 0) is 60.3 Å². The Hall–Kier alpha value is -3.20. The molecule has 2 amide bonds. The normalized spacial score (nSPS) is 14.5. The largest absolute Gasteiger partial charge is 0.497 e. The minimum atomic E-state index is -1.05. The fraction of sp³-hybridized carbons (Fsp3) is 0.280. The highest BCUT2D eigenvalue weighted by molar-refractivity contribution is 6.33. The van der Waals surface area contributed by atoms with Gasteiger partial charge in [-0.3, -0.25) is 9.59 Å². The smallest absolute Gasteiger partial charge is 0.255 e. The van der Waals surface area contributed by atoms with Crippen LogP contribution >= 0.6 is 23.2 Å². The van der Waals surface area contributed by atoms with Gasteiger partial charge in [-0.25, -0.2) is 9.97 Å². The van der Waals surface area contributed by atoms with Crippen molar-refractivity contribution in [2.24, 2.45) is 0 Å². The Kier molecular flexibility index (Phi) is 7.25. The van der Waals surface area contributed by atoms with E-state index in [9.17, 15) is 14.7 Å². The first-order valence-corrected chi connectivity index (χ1v) is 11.7. The zero-order chi connectivity index (χ0) is 25.3. The summed E-state index contributed by atoms with van der Waals surface area (Å²) >= 11 is 12.1. The van der Waals surface area contributed by atoms with Gasteiger partial charge in [-0.1, -0.05) is 29.8 Å². The van der Waals surface area contributed by atoms with Crippen molar-refractivity contribution < 1.29 is 19.4 Å². The number of hydrogen-bond acceptors (Lipinski definition) is 6. The molecule has 35 heavy (non-hydrogen) atoms. The fourth-order valence-corrected chi connectivity index (χ4v) is 4.53. The molecule has 0 saturated carbocycles. The highest BCUT2D eigenvalue weighted by Crippen LogP contribution is 2.32. The Labute approximate surface area is 212 Å². The lowest BCUT2D eigenvalue weighted by Gasteiger charge is -2.27. The molecule has 10 heteroatoms. The van der Waals surface area contributed by atoms with Gasteiger partial charge in [0, 0.05) is 17.7 Å². The molecule has 1 aliphatic rings. The van der Waals surface area contributed by atoms with Gasteiger partial charge in [0.15, 0.2) is 0 Å². The van der Waals surface area contributed by atoms with Gasteiger partial charge in [0.25, 0.3) is 5.91 Å². The van der Waals surface area contributed by atoms with E-state index >= 15 is 0 Å². The number of amides is 2. The van der Waals surface area contributed by atoms with Crippen LogP contribution in [0, 0.1) is 6.92 Å². The van der Waals surface area contributed by atoms with Crippen molar-refractivity contribution in [3.63, 3.8) is 0 Å². The Morgan fingerprint density at radius 3 is 2.74 bits per heavy atom. The van der Waals surface area contributed by atoms with E-state index in [2.05, 4.69) is 15.3 Å².